The number of amides is 1. The standard InChI is InChI=1S/C13H28N2O2/c1-7-13(8-2,15-9-3)10-14-11(16)17-12(4,5)6/h15H,7-10H2,1-6H3,(H,14,16). The van der Waals surface area contributed by atoms with Crippen molar-refractivity contribution >= 4 is 6.09 Å². The number of ether oxygens (including phenoxy) is 1. The first kappa shape index (κ1) is 16.2. The first-order chi connectivity index (χ1) is 7.78. The molecule has 0 aliphatic heterocycles. The second-order valence-electron chi connectivity index (χ2n) is 5.37. The van der Waals surface area contributed by atoms with Gasteiger partial charge in [-0.25, -0.2) is 4.79 Å². The molecule has 0 atom stereocenters. The molecule has 0 aromatic heterocycles. The van der Waals surface area contributed by atoms with Crippen molar-refractivity contribution in [2.75, 3.05) is 13.1 Å². The Morgan fingerprint density at radius 3 is 2.00 bits per heavy atom. The van der Waals surface area contributed by atoms with Crippen molar-refractivity contribution in [1.82, 2.24) is 10.6 Å². The van der Waals surface area contributed by atoms with Crippen molar-refractivity contribution in [2.24, 2.45) is 0 Å². The number of likely N-dealkylation sites (N-methyl/N-ethyl adjacent to an activating group) is 1. The molecule has 0 bridgehead atoms. The molecule has 4 heteroatoms. The van der Waals surface area contributed by atoms with E-state index in [-0.39, 0.29) is 11.6 Å². The van der Waals surface area contributed by atoms with Crippen LogP contribution < -0.4 is 10.6 Å². The molecule has 2 N–H and O–H groups in total. The summed E-state index contributed by atoms with van der Waals surface area (Å²) in [7, 11) is 0. The first-order valence-electron chi connectivity index (χ1n) is 6.50. The van der Waals surface area contributed by atoms with Crippen LogP contribution in [0.2, 0.25) is 0 Å². The SMILES string of the molecule is CCNC(CC)(CC)CNC(=O)OC(C)(C)C. The van der Waals surface area contributed by atoms with E-state index in [1.165, 1.54) is 0 Å². The summed E-state index contributed by atoms with van der Waals surface area (Å²) in [6.07, 6.45) is 1.61. The summed E-state index contributed by atoms with van der Waals surface area (Å²) in [6.45, 7) is 13.4. The molecular formula is C13H28N2O2. The van der Waals surface area contributed by atoms with Crippen LogP contribution in [-0.2, 0) is 4.74 Å². The third kappa shape index (κ3) is 6.51. The molecule has 102 valence electrons. The number of carbonyl (C=O) groups excluding carboxylic acids is 1. The highest BCUT2D eigenvalue weighted by Gasteiger charge is 2.26. The number of hydrogen-bond donors (Lipinski definition) is 2. The first-order valence-corrected chi connectivity index (χ1v) is 6.50. The van der Waals surface area contributed by atoms with Gasteiger partial charge in [0.15, 0.2) is 0 Å². The Hall–Kier alpha value is -0.770. The zero-order chi connectivity index (χ0) is 13.5. The van der Waals surface area contributed by atoms with E-state index in [1.54, 1.807) is 0 Å². The average molecular weight is 244 g/mol. The highest BCUT2D eigenvalue weighted by Crippen LogP contribution is 2.14. The lowest BCUT2D eigenvalue weighted by Gasteiger charge is -2.33. The van der Waals surface area contributed by atoms with Crippen LogP contribution in [0, 0.1) is 0 Å². The molecule has 0 aromatic carbocycles. The zero-order valence-electron chi connectivity index (χ0n) is 12.1. The minimum atomic E-state index is -0.441. The Kier molecular flexibility index (Phi) is 6.53. The normalized spacial score (nSPS) is 12.4. The van der Waals surface area contributed by atoms with Crippen molar-refractivity contribution in [2.45, 2.75) is 65.5 Å². The van der Waals surface area contributed by atoms with Crippen LogP contribution >= 0.6 is 0 Å². The molecule has 0 heterocycles. The van der Waals surface area contributed by atoms with Crippen LogP contribution in [0.15, 0.2) is 0 Å². The highest BCUT2D eigenvalue weighted by atomic mass is 16.6. The largest absolute Gasteiger partial charge is 0.444 e. The summed E-state index contributed by atoms with van der Waals surface area (Å²) in [5.41, 5.74) is -0.463. The van der Waals surface area contributed by atoms with Gasteiger partial charge in [-0.05, 0) is 40.2 Å². The average Bonchev–Trinajstić information content (AvgIpc) is 2.22. The number of alkyl carbamates (subject to hydrolysis) is 1. The van der Waals surface area contributed by atoms with Gasteiger partial charge in [0.1, 0.15) is 5.60 Å². The Bertz CT molecular complexity index is 230. The molecule has 0 unspecified atom stereocenters. The number of hydrogen-bond acceptors (Lipinski definition) is 3. The van der Waals surface area contributed by atoms with Crippen molar-refractivity contribution in [3.8, 4) is 0 Å². The van der Waals surface area contributed by atoms with Gasteiger partial charge in [0.25, 0.3) is 0 Å². The summed E-state index contributed by atoms with van der Waals surface area (Å²) in [5.74, 6) is 0. The maximum absolute atomic E-state index is 11.6. The van der Waals surface area contributed by atoms with Crippen LogP contribution in [0.1, 0.15) is 54.4 Å². The molecule has 1 amide bonds. The predicted octanol–water partition coefficient (Wildman–Crippen LogP) is 2.68. The van der Waals surface area contributed by atoms with Gasteiger partial charge < -0.3 is 15.4 Å². The van der Waals surface area contributed by atoms with Gasteiger partial charge in [0.2, 0.25) is 0 Å². The highest BCUT2D eigenvalue weighted by molar-refractivity contribution is 5.67. The third-order valence-electron chi connectivity index (χ3n) is 2.88. The van der Waals surface area contributed by atoms with E-state index >= 15 is 0 Å². The maximum atomic E-state index is 11.6. The Morgan fingerprint density at radius 2 is 1.65 bits per heavy atom. The molecule has 4 nitrogen and oxygen atoms in total. The molecule has 0 spiro atoms. The van der Waals surface area contributed by atoms with E-state index in [0.717, 1.165) is 19.4 Å². The smallest absolute Gasteiger partial charge is 0.407 e. The lowest BCUT2D eigenvalue weighted by molar-refractivity contribution is 0.0507. The van der Waals surface area contributed by atoms with Crippen LogP contribution in [0.5, 0.6) is 0 Å². The van der Waals surface area contributed by atoms with E-state index in [4.69, 9.17) is 4.74 Å². The van der Waals surface area contributed by atoms with Crippen LogP contribution in [0.25, 0.3) is 0 Å². The Balaban J connectivity index is 4.26. The van der Waals surface area contributed by atoms with Gasteiger partial charge in [-0.15, -0.1) is 0 Å². The second-order valence-corrected chi connectivity index (χ2v) is 5.37. The van der Waals surface area contributed by atoms with Gasteiger partial charge in [-0.2, -0.15) is 0 Å². The molecule has 17 heavy (non-hydrogen) atoms. The van der Waals surface area contributed by atoms with Crippen molar-refractivity contribution < 1.29 is 9.53 Å². The van der Waals surface area contributed by atoms with Gasteiger partial charge in [0, 0.05) is 12.1 Å². The van der Waals surface area contributed by atoms with Gasteiger partial charge in [0.05, 0.1) is 0 Å². The third-order valence-corrected chi connectivity index (χ3v) is 2.88. The lowest BCUT2D eigenvalue weighted by Crippen LogP contribution is -2.53. The van der Waals surface area contributed by atoms with Gasteiger partial charge in [-0.3, -0.25) is 0 Å². The molecular weight excluding hydrogens is 216 g/mol. The minimum Gasteiger partial charge on any atom is -0.444 e. The van der Waals surface area contributed by atoms with Crippen LogP contribution in [-0.4, -0.2) is 30.3 Å². The number of nitrogens with one attached hydrogen (secondary N) is 2. The lowest BCUT2D eigenvalue weighted by atomic mass is 9.93. The summed E-state index contributed by atoms with van der Waals surface area (Å²) in [5, 5.41) is 6.29. The zero-order valence-corrected chi connectivity index (χ0v) is 12.1. The van der Waals surface area contributed by atoms with E-state index in [9.17, 15) is 4.79 Å². The fraction of sp³-hybridized carbons (Fsp3) is 0.923. The Morgan fingerprint density at radius 1 is 1.12 bits per heavy atom. The molecule has 0 fully saturated rings. The van der Waals surface area contributed by atoms with Crippen LogP contribution in [0.4, 0.5) is 4.79 Å². The molecule has 0 rings (SSSR count). The van der Waals surface area contributed by atoms with E-state index in [0.29, 0.717) is 6.54 Å². The topological polar surface area (TPSA) is 50.4 Å². The monoisotopic (exact) mass is 244 g/mol. The van der Waals surface area contributed by atoms with Crippen molar-refractivity contribution in [1.29, 1.82) is 0 Å². The molecule has 0 saturated carbocycles. The van der Waals surface area contributed by atoms with E-state index in [2.05, 4.69) is 31.4 Å². The van der Waals surface area contributed by atoms with Gasteiger partial charge in [-0.1, -0.05) is 20.8 Å². The molecule has 0 aliphatic carbocycles. The summed E-state index contributed by atoms with van der Waals surface area (Å²) < 4.78 is 5.22. The van der Waals surface area contributed by atoms with Gasteiger partial charge >= 0.3 is 6.09 Å². The molecule has 0 saturated heterocycles. The second kappa shape index (κ2) is 6.84. The number of carbonyl (C=O) groups is 1. The predicted molar refractivity (Wildman–Crippen MR) is 71.2 cm³/mol. The minimum absolute atomic E-state index is 0.0222. The summed E-state index contributed by atoms with van der Waals surface area (Å²) >= 11 is 0. The van der Waals surface area contributed by atoms with Crippen molar-refractivity contribution in [3.63, 3.8) is 0 Å². The van der Waals surface area contributed by atoms with E-state index < -0.39 is 5.60 Å². The van der Waals surface area contributed by atoms with Crippen LogP contribution in [0.3, 0.4) is 0 Å². The Labute approximate surface area is 105 Å². The molecule has 0 radical (unpaired) electrons. The molecule has 0 aliphatic rings. The molecule has 0 aromatic rings. The maximum Gasteiger partial charge on any atom is 0.407 e. The van der Waals surface area contributed by atoms with Crippen molar-refractivity contribution in [3.05, 3.63) is 0 Å². The van der Waals surface area contributed by atoms with E-state index in [1.807, 2.05) is 20.8 Å². The fourth-order valence-corrected chi connectivity index (χ4v) is 1.74. The fourth-order valence-electron chi connectivity index (χ4n) is 1.74. The quantitative estimate of drug-likeness (QED) is 0.755. The number of rotatable bonds is 6. The summed E-state index contributed by atoms with van der Waals surface area (Å²) in [4.78, 5) is 11.6. The summed E-state index contributed by atoms with van der Waals surface area (Å²) in [6, 6.07) is 0.